The summed E-state index contributed by atoms with van der Waals surface area (Å²) >= 11 is 0. The molecule has 3 saturated carbocycles. The first-order chi connectivity index (χ1) is 14.4. The van der Waals surface area contributed by atoms with Crippen LogP contribution in [-0.4, -0.2) is 43.6 Å². The van der Waals surface area contributed by atoms with Crippen LogP contribution in [0.1, 0.15) is 77.0 Å². The summed E-state index contributed by atoms with van der Waals surface area (Å²) in [5.41, 5.74) is 6.46. The predicted molar refractivity (Wildman–Crippen MR) is 125 cm³/mol. The molecule has 4 nitrogen and oxygen atoms in total. The molecule has 1 saturated heterocycles. The molecule has 0 aromatic carbocycles. The van der Waals surface area contributed by atoms with Gasteiger partial charge in [-0.05, 0) is 99.7 Å². The number of hydrogen-bond donors (Lipinski definition) is 2. The van der Waals surface area contributed by atoms with Crippen LogP contribution in [0.2, 0.25) is 18.6 Å². The van der Waals surface area contributed by atoms with Crippen LogP contribution in [0, 0.1) is 35.5 Å². The van der Waals surface area contributed by atoms with Crippen molar-refractivity contribution in [2.24, 2.45) is 41.2 Å². The zero-order valence-electron chi connectivity index (χ0n) is 19.5. The number of amides is 1. The van der Waals surface area contributed by atoms with Gasteiger partial charge in [-0.15, -0.1) is 0 Å². The summed E-state index contributed by atoms with van der Waals surface area (Å²) < 4.78 is 0. The van der Waals surface area contributed by atoms with Gasteiger partial charge >= 0.3 is 0 Å². The fourth-order valence-corrected chi connectivity index (χ4v) is 10.2. The maximum Gasteiger partial charge on any atom is 0.225 e. The molecule has 0 bridgehead atoms. The van der Waals surface area contributed by atoms with Gasteiger partial charge in [0.15, 0.2) is 8.32 Å². The molecule has 0 spiro atoms. The number of carbonyl (C=O) groups is 1. The third kappa shape index (κ3) is 4.99. The number of fused-ring (bicyclic) bond motifs is 1. The average molecular weight is 435 g/mol. The fraction of sp³-hybridized carbons (Fsp3) is 0.960. The predicted octanol–water partition coefficient (Wildman–Crippen LogP) is 4.77. The molecule has 6 unspecified atom stereocenters. The van der Waals surface area contributed by atoms with Gasteiger partial charge in [-0.1, -0.05) is 32.1 Å². The maximum atomic E-state index is 13.4. The Bertz CT molecular complexity index is 584. The largest absolute Gasteiger partial charge is 0.432 e. The van der Waals surface area contributed by atoms with Crippen LogP contribution >= 0.6 is 0 Å². The zero-order valence-corrected chi connectivity index (χ0v) is 20.5. The van der Waals surface area contributed by atoms with Gasteiger partial charge < -0.3 is 15.4 Å². The van der Waals surface area contributed by atoms with Crippen LogP contribution in [0.3, 0.4) is 0 Å². The van der Waals surface area contributed by atoms with E-state index in [0.717, 1.165) is 56.1 Å². The summed E-state index contributed by atoms with van der Waals surface area (Å²) in [5.74, 6) is 4.41. The van der Waals surface area contributed by atoms with E-state index in [-0.39, 0.29) is 5.92 Å². The lowest BCUT2D eigenvalue weighted by Gasteiger charge is -2.48. The van der Waals surface area contributed by atoms with Crippen LogP contribution in [0.15, 0.2) is 0 Å². The van der Waals surface area contributed by atoms with E-state index in [2.05, 4.69) is 18.0 Å². The third-order valence-electron chi connectivity index (χ3n) is 9.59. The lowest BCUT2D eigenvalue weighted by molar-refractivity contribution is -0.139. The summed E-state index contributed by atoms with van der Waals surface area (Å²) in [7, 11) is -2.14. The molecule has 3 aliphatic carbocycles. The van der Waals surface area contributed by atoms with Crippen molar-refractivity contribution in [2.45, 2.75) is 95.7 Å². The number of hydrogen-bond acceptors (Lipinski definition) is 3. The van der Waals surface area contributed by atoms with Crippen molar-refractivity contribution >= 4 is 14.2 Å². The molecule has 0 aromatic rings. The lowest BCUT2D eigenvalue weighted by Crippen LogP contribution is -2.48. The van der Waals surface area contributed by atoms with E-state index in [1.54, 1.807) is 0 Å². The SMILES string of the molecule is C[Si](C)(O)C1CCCC2CCC(C(=O)N3CCC(C4CCCC(CN)C4)CC3)CC21. The lowest BCUT2D eigenvalue weighted by atomic mass is 9.66. The monoisotopic (exact) mass is 434 g/mol. The Hall–Kier alpha value is -0.393. The molecule has 0 aromatic heterocycles. The molecule has 1 amide bonds. The van der Waals surface area contributed by atoms with Crippen LogP contribution in [0.4, 0.5) is 0 Å². The van der Waals surface area contributed by atoms with Gasteiger partial charge in [-0.3, -0.25) is 4.79 Å². The Labute approximate surface area is 185 Å². The van der Waals surface area contributed by atoms with Crippen molar-refractivity contribution in [3.05, 3.63) is 0 Å². The number of nitrogens with two attached hydrogens (primary N) is 1. The van der Waals surface area contributed by atoms with Crippen LogP contribution in [0.25, 0.3) is 0 Å². The Morgan fingerprint density at radius 1 is 0.900 bits per heavy atom. The number of likely N-dealkylation sites (tertiary alicyclic amines) is 1. The molecule has 3 N–H and O–H groups in total. The molecule has 6 atom stereocenters. The Kier molecular flexibility index (Phi) is 7.31. The van der Waals surface area contributed by atoms with Gasteiger partial charge in [-0.2, -0.15) is 0 Å². The summed E-state index contributed by atoms with van der Waals surface area (Å²) in [6, 6.07) is 0. The highest BCUT2D eigenvalue weighted by Gasteiger charge is 2.46. The first-order valence-corrected chi connectivity index (χ1v) is 16.1. The van der Waals surface area contributed by atoms with Gasteiger partial charge in [0, 0.05) is 19.0 Å². The molecule has 0 radical (unpaired) electrons. The van der Waals surface area contributed by atoms with Gasteiger partial charge in [0.2, 0.25) is 5.91 Å². The summed E-state index contributed by atoms with van der Waals surface area (Å²) in [6.07, 6.45) is 14.9. The first-order valence-electron chi connectivity index (χ1n) is 13.1. The number of piperidine rings is 1. The smallest absolute Gasteiger partial charge is 0.225 e. The molecule has 30 heavy (non-hydrogen) atoms. The van der Waals surface area contributed by atoms with E-state index in [9.17, 15) is 9.59 Å². The Morgan fingerprint density at radius 2 is 1.60 bits per heavy atom. The van der Waals surface area contributed by atoms with Crippen molar-refractivity contribution in [1.29, 1.82) is 0 Å². The zero-order chi connectivity index (χ0) is 21.3. The van der Waals surface area contributed by atoms with Crippen LogP contribution in [0.5, 0.6) is 0 Å². The standard InChI is InChI=1S/C25H46N2O2Si/c1-30(2,29)24-8-4-6-20-9-10-22(16-23(20)24)25(28)27-13-11-19(12-14-27)21-7-3-5-18(15-21)17-26/h18-24,29H,3-17,26H2,1-2H3. The van der Waals surface area contributed by atoms with Gasteiger partial charge in [0.25, 0.3) is 0 Å². The van der Waals surface area contributed by atoms with Crippen molar-refractivity contribution in [2.75, 3.05) is 19.6 Å². The minimum Gasteiger partial charge on any atom is -0.432 e. The summed E-state index contributed by atoms with van der Waals surface area (Å²) in [4.78, 5) is 26.5. The van der Waals surface area contributed by atoms with E-state index in [0.29, 0.717) is 17.4 Å². The second-order valence-corrected chi connectivity index (χ2v) is 15.9. The number of rotatable bonds is 4. The van der Waals surface area contributed by atoms with Crippen LogP contribution in [-0.2, 0) is 4.79 Å². The molecule has 5 heteroatoms. The molecule has 4 aliphatic rings. The number of nitrogens with zero attached hydrogens (tertiary/aromatic N) is 1. The second-order valence-electron chi connectivity index (χ2n) is 11.8. The number of carbonyl (C=O) groups excluding carboxylic acids is 1. The molecular formula is C25H46N2O2Si. The van der Waals surface area contributed by atoms with Crippen molar-refractivity contribution in [1.82, 2.24) is 4.90 Å². The van der Waals surface area contributed by atoms with E-state index in [4.69, 9.17) is 5.73 Å². The molecule has 1 aliphatic heterocycles. The van der Waals surface area contributed by atoms with E-state index in [1.807, 2.05) is 0 Å². The Balaban J connectivity index is 1.31. The van der Waals surface area contributed by atoms with Crippen LogP contribution < -0.4 is 5.73 Å². The van der Waals surface area contributed by atoms with Crippen molar-refractivity contribution in [3.8, 4) is 0 Å². The van der Waals surface area contributed by atoms with E-state index < -0.39 is 8.32 Å². The van der Waals surface area contributed by atoms with Gasteiger partial charge in [-0.25, -0.2) is 0 Å². The van der Waals surface area contributed by atoms with Crippen molar-refractivity contribution < 1.29 is 9.59 Å². The highest BCUT2D eigenvalue weighted by Crippen LogP contribution is 2.51. The topological polar surface area (TPSA) is 66.6 Å². The first kappa shape index (κ1) is 22.8. The second kappa shape index (κ2) is 9.62. The fourth-order valence-electron chi connectivity index (χ4n) is 7.86. The molecule has 1 heterocycles. The van der Waals surface area contributed by atoms with Gasteiger partial charge in [0.1, 0.15) is 0 Å². The maximum absolute atomic E-state index is 13.4. The normalized spacial score (nSPS) is 38.9. The highest BCUT2D eigenvalue weighted by molar-refractivity contribution is 6.71. The molecule has 172 valence electrons. The van der Waals surface area contributed by atoms with Crippen molar-refractivity contribution in [3.63, 3.8) is 0 Å². The minimum atomic E-state index is -2.14. The molecular weight excluding hydrogens is 388 g/mol. The average Bonchev–Trinajstić information content (AvgIpc) is 2.77. The highest BCUT2D eigenvalue weighted by atomic mass is 28.4. The molecule has 4 fully saturated rings. The van der Waals surface area contributed by atoms with E-state index in [1.165, 1.54) is 64.2 Å². The third-order valence-corrected chi connectivity index (χ3v) is 12.1. The van der Waals surface area contributed by atoms with Gasteiger partial charge in [0.05, 0.1) is 0 Å². The summed E-state index contributed by atoms with van der Waals surface area (Å²) in [6.45, 7) is 7.04. The Morgan fingerprint density at radius 3 is 2.30 bits per heavy atom. The molecule has 4 rings (SSSR count). The van der Waals surface area contributed by atoms with E-state index >= 15 is 0 Å². The quantitative estimate of drug-likeness (QED) is 0.626. The summed E-state index contributed by atoms with van der Waals surface area (Å²) in [5, 5.41) is 0. The minimum absolute atomic E-state index is 0.219.